The van der Waals surface area contributed by atoms with E-state index in [-0.39, 0.29) is 5.91 Å². The van der Waals surface area contributed by atoms with Crippen molar-refractivity contribution >= 4 is 5.91 Å². The lowest BCUT2D eigenvalue weighted by Crippen LogP contribution is -2.35. The van der Waals surface area contributed by atoms with E-state index in [1.165, 1.54) is 0 Å². The summed E-state index contributed by atoms with van der Waals surface area (Å²) < 4.78 is 7.59. The molecule has 1 N–H and O–H groups in total. The highest BCUT2D eigenvalue weighted by atomic mass is 16.5. The van der Waals surface area contributed by atoms with Crippen molar-refractivity contribution < 1.29 is 9.53 Å². The average molecular weight is 454 g/mol. The minimum absolute atomic E-state index is 0.106. The lowest BCUT2D eigenvalue weighted by molar-refractivity contribution is 0.0924. The molecule has 0 unspecified atom stereocenters. The lowest BCUT2D eigenvalue weighted by Gasteiger charge is -2.13. The molecule has 1 aliphatic rings. The molecule has 1 atom stereocenters. The van der Waals surface area contributed by atoms with Crippen molar-refractivity contribution in [2.75, 3.05) is 13.2 Å². The number of hydrogen-bond acceptors (Lipinski definition) is 5. The monoisotopic (exact) mass is 453 g/mol. The number of ether oxygens (including phenoxy) is 1. The Balaban J connectivity index is 1.33. The van der Waals surface area contributed by atoms with Gasteiger partial charge in [0.1, 0.15) is 17.1 Å². The van der Waals surface area contributed by atoms with E-state index in [9.17, 15) is 4.79 Å². The Kier molecular flexibility index (Phi) is 6.08. The van der Waals surface area contributed by atoms with Gasteiger partial charge in [-0.05, 0) is 41.3 Å². The molecular formula is C27H27N5O2. The molecule has 0 fully saturated rings. The third-order valence-electron chi connectivity index (χ3n) is 6.10. The van der Waals surface area contributed by atoms with Gasteiger partial charge in [-0.25, -0.2) is 9.97 Å². The van der Waals surface area contributed by atoms with Gasteiger partial charge >= 0.3 is 0 Å². The third-order valence-corrected chi connectivity index (χ3v) is 6.10. The summed E-state index contributed by atoms with van der Waals surface area (Å²) >= 11 is 0. The van der Waals surface area contributed by atoms with Crippen LogP contribution >= 0.6 is 0 Å². The Morgan fingerprint density at radius 1 is 1.00 bits per heavy atom. The zero-order valence-electron chi connectivity index (χ0n) is 19.4. The number of aromatic nitrogens is 4. The first-order valence-electron chi connectivity index (χ1n) is 11.6. The van der Waals surface area contributed by atoms with Crippen molar-refractivity contribution in [3.8, 4) is 39.7 Å². The predicted molar refractivity (Wildman–Crippen MR) is 131 cm³/mol. The second-order valence-corrected chi connectivity index (χ2v) is 8.59. The summed E-state index contributed by atoms with van der Waals surface area (Å²) in [5, 5.41) is 7.39. The molecule has 0 bridgehead atoms. The molecule has 34 heavy (non-hydrogen) atoms. The fraction of sp³-hybridized carbons (Fsp3) is 0.259. The fourth-order valence-electron chi connectivity index (χ4n) is 3.81. The zero-order chi connectivity index (χ0) is 23.5. The molecule has 7 heteroatoms. The summed E-state index contributed by atoms with van der Waals surface area (Å²) in [7, 11) is 0. The Labute approximate surface area is 198 Å². The van der Waals surface area contributed by atoms with E-state index in [0.29, 0.717) is 41.9 Å². The Bertz CT molecular complexity index is 1300. The normalized spacial score (nSPS) is 13.8. The van der Waals surface area contributed by atoms with E-state index in [1.54, 1.807) is 16.9 Å². The molecule has 1 amide bonds. The van der Waals surface area contributed by atoms with Gasteiger partial charge in [0.15, 0.2) is 5.82 Å². The van der Waals surface area contributed by atoms with Crippen LogP contribution in [0.25, 0.3) is 33.9 Å². The van der Waals surface area contributed by atoms with Crippen molar-refractivity contribution in [1.82, 2.24) is 25.1 Å². The van der Waals surface area contributed by atoms with Crippen LogP contribution in [-0.4, -0.2) is 38.8 Å². The van der Waals surface area contributed by atoms with Crippen LogP contribution in [0, 0.1) is 5.92 Å². The van der Waals surface area contributed by atoms with Crippen LogP contribution in [0.1, 0.15) is 30.8 Å². The SMILES string of the molecule is CC[C@H](C)COc1ccc(-c2ccc(-c3nccc(-c4cc5n(n4)CCNC5=O)n3)cc2)cc1. The molecule has 0 saturated carbocycles. The lowest BCUT2D eigenvalue weighted by atomic mass is 10.0. The molecule has 172 valence electrons. The number of amides is 1. The highest BCUT2D eigenvalue weighted by Crippen LogP contribution is 2.26. The maximum Gasteiger partial charge on any atom is 0.269 e. The summed E-state index contributed by atoms with van der Waals surface area (Å²) in [5.74, 6) is 1.95. The summed E-state index contributed by atoms with van der Waals surface area (Å²) in [5.41, 5.74) is 5.07. The Morgan fingerprint density at radius 2 is 1.71 bits per heavy atom. The highest BCUT2D eigenvalue weighted by Gasteiger charge is 2.20. The van der Waals surface area contributed by atoms with Crippen molar-refractivity contribution in [3.63, 3.8) is 0 Å². The Hall–Kier alpha value is -4.00. The second-order valence-electron chi connectivity index (χ2n) is 8.59. The van der Waals surface area contributed by atoms with Crippen LogP contribution in [0.5, 0.6) is 5.75 Å². The van der Waals surface area contributed by atoms with E-state index >= 15 is 0 Å². The molecule has 2 aromatic heterocycles. The van der Waals surface area contributed by atoms with Crippen molar-refractivity contribution in [3.05, 3.63) is 72.6 Å². The van der Waals surface area contributed by atoms with Crippen LogP contribution in [0.4, 0.5) is 0 Å². The maximum absolute atomic E-state index is 12.0. The number of carbonyl (C=O) groups excluding carboxylic acids is 1. The molecule has 1 aliphatic heterocycles. The number of carbonyl (C=O) groups is 1. The molecule has 3 heterocycles. The van der Waals surface area contributed by atoms with Gasteiger partial charge in [0, 0.05) is 18.3 Å². The number of nitrogens with one attached hydrogen (secondary N) is 1. The number of rotatable bonds is 7. The van der Waals surface area contributed by atoms with Gasteiger partial charge in [-0.3, -0.25) is 9.48 Å². The van der Waals surface area contributed by atoms with E-state index in [4.69, 9.17) is 9.72 Å². The topological polar surface area (TPSA) is 81.9 Å². The van der Waals surface area contributed by atoms with Crippen molar-refractivity contribution in [2.24, 2.45) is 5.92 Å². The maximum atomic E-state index is 12.0. The average Bonchev–Trinajstić information content (AvgIpc) is 3.34. The quantitative estimate of drug-likeness (QED) is 0.433. The molecule has 0 spiro atoms. The van der Waals surface area contributed by atoms with Gasteiger partial charge in [-0.2, -0.15) is 5.10 Å². The number of fused-ring (bicyclic) bond motifs is 1. The summed E-state index contributed by atoms with van der Waals surface area (Å²) in [6, 6.07) is 20.0. The largest absolute Gasteiger partial charge is 0.493 e. The second kappa shape index (κ2) is 9.47. The van der Waals surface area contributed by atoms with Crippen LogP contribution in [0.3, 0.4) is 0 Å². The minimum Gasteiger partial charge on any atom is -0.493 e. The van der Waals surface area contributed by atoms with Gasteiger partial charge < -0.3 is 10.1 Å². The highest BCUT2D eigenvalue weighted by molar-refractivity contribution is 5.94. The molecule has 0 radical (unpaired) electrons. The molecule has 7 nitrogen and oxygen atoms in total. The third kappa shape index (κ3) is 4.55. The van der Waals surface area contributed by atoms with Crippen molar-refractivity contribution in [2.45, 2.75) is 26.8 Å². The molecule has 5 rings (SSSR count). The predicted octanol–water partition coefficient (Wildman–Crippen LogP) is 4.84. The van der Waals surface area contributed by atoms with Gasteiger partial charge in [0.05, 0.1) is 18.8 Å². The number of hydrogen-bond donors (Lipinski definition) is 1. The first kappa shape index (κ1) is 21.8. The van der Waals surface area contributed by atoms with Crippen LogP contribution in [0.2, 0.25) is 0 Å². The molecular weight excluding hydrogens is 426 g/mol. The fourth-order valence-corrected chi connectivity index (χ4v) is 3.81. The minimum atomic E-state index is -0.106. The van der Waals surface area contributed by atoms with Gasteiger partial charge in [-0.1, -0.05) is 56.7 Å². The number of benzene rings is 2. The number of nitrogens with zero attached hydrogens (tertiary/aromatic N) is 4. The summed E-state index contributed by atoms with van der Waals surface area (Å²) in [6.07, 6.45) is 2.83. The Morgan fingerprint density at radius 3 is 2.41 bits per heavy atom. The van der Waals surface area contributed by atoms with Crippen LogP contribution in [-0.2, 0) is 6.54 Å². The smallest absolute Gasteiger partial charge is 0.269 e. The van der Waals surface area contributed by atoms with E-state index in [0.717, 1.165) is 35.5 Å². The van der Waals surface area contributed by atoms with E-state index in [2.05, 4.69) is 53.5 Å². The summed E-state index contributed by atoms with van der Waals surface area (Å²) in [6.45, 7) is 6.34. The first-order valence-corrected chi connectivity index (χ1v) is 11.6. The van der Waals surface area contributed by atoms with E-state index in [1.807, 2.05) is 30.3 Å². The van der Waals surface area contributed by atoms with Gasteiger partial charge in [-0.15, -0.1) is 0 Å². The van der Waals surface area contributed by atoms with Gasteiger partial charge in [0.2, 0.25) is 0 Å². The summed E-state index contributed by atoms with van der Waals surface area (Å²) in [4.78, 5) is 21.2. The van der Waals surface area contributed by atoms with Crippen molar-refractivity contribution in [1.29, 1.82) is 0 Å². The zero-order valence-corrected chi connectivity index (χ0v) is 19.4. The van der Waals surface area contributed by atoms with Crippen LogP contribution < -0.4 is 10.1 Å². The van der Waals surface area contributed by atoms with E-state index < -0.39 is 0 Å². The van der Waals surface area contributed by atoms with Gasteiger partial charge in [0.25, 0.3) is 5.91 Å². The first-order chi connectivity index (χ1) is 16.6. The molecule has 0 aliphatic carbocycles. The molecule has 4 aromatic rings. The standard InChI is InChI=1S/C27H27N5O2/c1-3-18(2)17-34-22-10-8-20(9-11-22)19-4-6-21(7-5-19)26-28-13-12-23(30-26)24-16-25-27(33)29-14-15-32(25)31-24/h4-13,16,18H,3,14-15,17H2,1-2H3,(H,29,33)/t18-/m0/s1. The molecule has 0 saturated heterocycles. The molecule has 2 aromatic carbocycles. The van der Waals surface area contributed by atoms with Crippen LogP contribution in [0.15, 0.2) is 66.9 Å².